The van der Waals surface area contributed by atoms with Crippen LogP contribution in [0.3, 0.4) is 0 Å². The molecule has 4 heteroatoms. The standard InChI is InChI=1S/C56H34N4/c1-2-13-36(14-3-1)54-55(58-50-20-10-9-19-49(50)57-54)41-23-22-40-31-42(26-24-39(40)30-41)59-52-29-27-43(34-48(52)47-32-37-15-4-5-16-38(37)33-53(47)59)60-51-21-11-8-18-45(51)46-28-25-35-12-6-7-17-44(35)56(46)60/h1-34H. The number of hydrogen-bond donors (Lipinski definition) is 0. The second-order valence-electron chi connectivity index (χ2n) is 15.8. The van der Waals surface area contributed by atoms with Crippen LogP contribution in [-0.2, 0) is 0 Å². The predicted octanol–water partition coefficient (Wildman–Crippen LogP) is 14.6. The van der Waals surface area contributed by atoms with E-state index in [0.29, 0.717) is 0 Å². The molecule has 0 atom stereocenters. The lowest BCUT2D eigenvalue weighted by atomic mass is 10.00. The van der Waals surface area contributed by atoms with E-state index in [1.54, 1.807) is 0 Å². The van der Waals surface area contributed by atoms with Crippen LogP contribution in [-0.4, -0.2) is 19.1 Å². The fraction of sp³-hybridized carbons (Fsp3) is 0. The van der Waals surface area contributed by atoms with Gasteiger partial charge in [-0.05, 0) is 93.7 Å². The fourth-order valence-corrected chi connectivity index (χ4v) is 9.63. The molecule has 0 aliphatic heterocycles. The van der Waals surface area contributed by atoms with Crippen molar-refractivity contribution in [2.45, 2.75) is 0 Å². The highest BCUT2D eigenvalue weighted by Gasteiger charge is 2.19. The minimum absolute atomic E-state index is 0.882. The van der Waals surface area contributed by atoms with E-state index in [1.165, 1.54) is 65.2 Å². The summed E-state index contributed by atoms with van der Waals surface area (Å²) in [5.74, 6) is 0. The molecule has 0 saturated carbocycles. The van der Waals surface area contributed by atoms with Crippen LogP contribution in [0.15, 0.2) is 206 Å². The van der Waals surface area contributed by atoms with Crippen molar-refractivity contribution in [2.75, 3.05) is 0 Å². The maximum absolute atomic E-state index is 5.19. The lowest BCUT2D eigenvalue weighted by Crippen LogP contribution is -1.97. The molecule has 0 aliphatic rings. The molecular formula is C56H34N4. The Bertz CT molecular complexity index is 3890. The second kappa shape index (κ2) is 12.7. The molecule has 0 bridgehead atoms. The Kier molecular flexibility index (Phi) is 6.98. The van der Waals surface area contributed by atoms with Gasteiger partial charge in [0.2, 0.25) is 0 Å². The summed E-state index contributed by atoms with van der Waals surface area (Å²) < 4.78 is 4.91. The Morgan fingerprint density at radius 2 is 0.850 bits per heavy atom. The van der Waals surface area contributed by atoms with Crippen LogP contribution in [0.4, 0.5) is 0 Å². The van der Waals surface area contributed by atoms with Crippen LogP contribution in [0.2, 0.25) is 0 Å². The van der Waals surface area contributed by atoms with Crippen molar-refractivity contribution in [2.24, 2.45) is 0 Å². The number of hydrogen-bond acceptors (Lipinski definition) is 2. The molecule has 0 fully saturated rings. The topological polar surface area (TPSA) is 35.6 Å². The maximum atomic E-state index is 5.19. The smallest absolute Gasteiger partial charge is 0.0973 e. The summed E-state index contributed by atoms with van der Waals surface area (Å²) in [6.45, 7) is 0. The van der Waals surface area contributed by atoms with Crippen LogP contribution in [0.5, 0.6) is 0 Å². The van der Waals surface area contributed by atoms with Crippen molar-refractivity contribution >= 4 is 87.0 Å². The van der Waals surface area contributed by atoms with E-state index >= 15 is 0 Å². The first-order valence-electron chi connectivity index (χ1n) is 20.5. The first-order valence-corrected chi connectivity index (χ1v) is 20.5. The maximum Gasteiger partial charge on any atom is 0.0973 e. The third-order valence-electron chi connectivity index (χ3n) is 12.4. The highest BCUT2D eigenvalue weighted by Crippen LogP contribution is 2.41. The highest BCUT2D eigenvalue weighted by atomic mass is 15.0. The molecule has 10 aromatic carbocycles. The molecule has 0 spiro atoms. The van der Waals surface area contributed by atoms with Gasteiger partial charge in [0, 0.05) is 49.4 Å². The van der Waals surface area contributed by atoms with Gasteiger partial charge in [-0.25, -0.2) is 9.97 Å². The SMILES string of the molecule is c1ccc(-c2nc3ccccc3nc2-c2ccc3cc(-n4c5ccc(-n6c7ccccc7c7ccc8ccccc8c76)cc5c5cc6ccccc6cc54)ccc3c2)cc1. The first kappa shape index (κ1) is 32.9. The largest absolute Gasteiger partial charge is 0.309 e. The van der Waals surface area contributed by atoms with E-state index in [0.717, 1.165) is 55.7 Å². The van der Waals surface area contributed by atoms with Crippen molar-refractivity contribution in [3.8, 4) is 33.9 Å². The molecule has 13 aromatic rings. The van der Waals surface area contributed by atoms with E-state index in [2.05, 4.69) is 185 Å². The lowest BCUT2D eigenvalue weighted by Gasteiger charge is -2.13. The van der Waals surface area contributed by atoms with Crippen molar-refractivity contribution in [3.05, 3.63) is 206 Å². The fourth-order valence-electron chi connectivity index (χ4n) is 9.63. The Morgan fingerprint density at radius 3 is 1.68 bits per heavy atom. The summed E-state index contributed by atoms with van der Waals surface area (Å²) in [7, 11) is 0. The monoisotopic (exact) mass is 762 g/mol. The number of para-hydroxylation sites is 3. The predicted molar refractivity (Wildman–Crippen MR) is 252 cm³/mol. The molecule has 3 heterocycles. The molecule has 3 aromatic heterocycles. The zero-order chi connectivity index (χ0) is 39.3. The van der Waals surface area contributed by atoms with Crippen molar-refractivity contribution < 1.29 is 0 Å². The normalized spacial score (nSPS) is 12.0. The summed E-state index contributed by atoms with van der Waals surface area (Å²) in [6.07, 6.45) is 0. The van der Waals surface area contributed by atoms with Gasteiger partial charge < -0.3 is 9.13 Å². The van der Waals surface area contributed by atoms with Crippen molar-refractivity contribution in [1.29, 1.82) is 0 Å². The number of nitrogens with zero attached hydrogens (tertiary/aromatic N) is 4. The molecule has 60 heavy (non-hydrogen) atoms. The van der Waals surface area contributed by atoms with E-state index < -0.39 is 0 Å². The van der Waals surface area contributed by atoms with Crippen LogP contribution >= 0.6 is 0 Å². The molecule has 0 radical (unpaired) electrons. The van der Waals surface area contributed by atoms with Gasteiger partial charge in [0.05, 0.1) is 44.5 Å². The number of rotatable bonds is 4. The summed E-state index contributed by atoms with van der Waals surface area (Å²) in [4.78, 5) is 10.3. The van der Waals surface area contributed by atoms with E-state index in [-0.39, 0.29) is 0 Å². The molecule has 0 amide bonds. The van der Waals surface area contributed by atoms with Crippen molar-refractivity contribution in [1.82, 2.24) is 19.1 Å². The molecular weight excluding hydrogens is 729 g/mol. The molecule has 278 valence electrons. The van der Waals surface area contributed by atoms with Crippen LogP contribution in [0.1, 0.15) is 0 Å². The summed E-state index contributed by atoms with van der Waals surface area (Å²) >= 11 is 0. The van der Waals surface area contributed by atoms with Gasteiger partial charge in [-0.1, -0.05) is 140 Å². The molecule has 0 N–H and O–H groups in total. The summed E-state index contributed by atoms with van der Waals surface area (Å²) in [5.41, 5.74) is 12.7. The molecule has 4 nitrogen and oxygen atoms in total. The van der Waals surface area contributed by atoms with Gasteiger partial charge in [-0.2, -0.15) is 0 Å². The van der Waals surface area contributed by atoms with Gasteiger partial charge in [-0.15, -0.1) is 0 Å². The second-order valence-corrected chi connectivity index (χ2v) is 15.8. The van der Waals surface area contributed by atoms with Gasteiger partial charge in [0.15, 0.2) is 0 Å². The quantitative estimate of drug-likeness (QED) is 0.179. The number of benzene rings is 10. The Labute approximate surface area is 344 Å². The van der Waals surface area contributed by atoms with E-state index in [9.17, 15) is 0 Å². The average Bonchev–Trinajstić information content (AvgIpc) is 3.82. The van der Waals surface area contributed by atoms with Crippen LogP contribution in [0.25, 0.3) is 121 Å². The van der Waals surface area contributed by atoms with Gasteiger partial charge in [0.25, 0.3) is 0 Å². The Hall–Kier alpha value is -8.08. The summed E-state index contributed by atoms with van der Waals surface area (Å²) in [6, 6.07) is 74.5. The molecule has 0 unspecified atom stereocenters. The van der Waals surface area contributed by atoms with Crippen LogP contribution < -0.4 is 0 Å². The molecule has 0 aliphatic carbocycles. The lowest BCUT2D eigenvalue weighted by molar-refractivity contribution is 1.17. The van der Waals surface area contributed by atoms with E-state index in [1.807, 2.05) is 30.3 Å². The third-order valence-corrected chi connectivity index (χ3v) is 12.4. The zero-order valence-corrected chi connectivity index (χ0v) is 32.4. The Balaban J connectivity index is 1.02. The zero-order valence-electron chi connectivity index (χ0n) is 32.4. The van der Waals surface area contributed by atoms with Crippen molar-refractivity contribution in [3.63, 3.8) is 0 Å². The Morgan fingerprint density at radius 1 is 0.283 bits per heavy atom. The van der Waals surface area contributed by atoms with Gasteiger partial charge >= 0.3 is 0 Å². The molecule has 13 rings (SSSR count). The minimum Gasteiger partial charge on any atom is -0.309 e. The number of fused-ring (bicyclic) bond motifs is 11. The molecule has 0 saturated heterocycles. The average molecular weight is 763 g/mol. The van der Waals surface area contributed by atoms with Gasteiger partial charge in [-0.3, -0.25) is 0 Å². The van der Waals surface area contributed by atoms with E-state index in [4.69, 9.17) is 9.97 Å². The van der Waals surface area contributed by atoms with Gasteiger partial charge in [0.1, 0.15) is 0 Å². The first-order chi connectivity index (χ1) is 29.7. The third kappa shape index (κ3) is 4.91. The number of aromatic nitrogens is 4. The summed E-state index contributed by atoms with van der Waals surface area (Å²) in [5, 5.41) is 12.2. The highest BCUT2D eigenvalue weighted by molar-refractivity contribution is 6.19. The minimum atomic E-state index is 0.882. The van der Waals surface area contributed by atoms with Crippen LogP contribution in [0, 0.1) is 0 Å².